The van der Waals surface area contributed by atoms with Crippen molar-refractivity contribution in [2.45, 2.75) is 25.0 Å². The van der Waals surface area contributed by atoms with Gasteiger partial charge >= 0.3 is 0 Å². The van der Waals surface area contributed by atoms with Crippen LogP contribution in [0.2, 0.25) is 0 Å². The van der Waals surface area contributed by atoms with Gasteiger partial charge in [0.1, 0.15) is 0 Å². The van der Waals surface area contributed by atoms with Crippen LogP contribution in [0.4, 0.5) is 11.4 Å². The summed E-state index contributed by atoms with van der Waals surface area (Å²) in [4.78, 5) is 0. The monoisotopic (exact) mass is 222 g/mol. The highest BCUT2D eigenvalue weighted by atomic mass is 32.2. The average Bonchev–Trinajstić information content (AvgIpc) is 2.73. The van der Waals surface area contributed by atoms with Gasteiger partial charge in [-0.3, -0.25) is 0 Å². The number of nitrogens with one attached hydrogen (secondary N) is 1. The molecule has 2 rings (SSSR count). The van der Waals surface area contributed by atoms with E-state index in [9.17, 15) is 0 Å². The minimum Gasteiger partial charge on any atom is -0.398 e. The number of thioether (sulfide) groups is 1. The fraction of sp³-hybridized carbons (Fsp3) is 0.500. The van der Waals surface area contributed by atoms with Crippen LogP contribution in [-0.2, 0) is 0 Å². The van der Waals surface area contributed by atoms with E-state index in [4.69, 9.17) is 5.73 Å². The van der Waals surface area contributed by atoms with Crippen molar-refractivity contribution in [3.05, 3.63) is 23.8 Å². The van der Waals surface area contributed by atoms with Crippen LogP contribution in [0.25, 0.3) is 0 Å². The molecule has 1 atom stereocenters. The molecule has 0 radical (unpaired) electrons. The van der Waals surface area contributed by atoms with Gasteiger partial charge in [-0.1, -0.05) is 6.07 Å². The first-order valence-electron chi connectivity index (χ1n) is 5.48. The summed E-state index contributed by atoms with van der Waals surface area (Å²) < 4.78 is 0. The summed E-state index contributed by atoms with van der Waals surface area (Å²) in [7, 11) is 0. The Kier molecular flexibility index (Phi) is 3.41. The first kappa shape index (κ1) is 10.7. The molecule has 2 nitrogen and oxygen atoms in total. The van der Waals surface area contributed by atoms with Crippen LogP contribution in [0.3, 0.4) is 0 Å². The fourth-order valence-electron chi connectivity index (χ4n) is 1.87. The molecule has 0 aliphatic carbocycles. The molecule has 1 aliphatic heterocycles. The topological polar surface area (TPSA) is 38.0 Å². The lowest BCUT2D eigenvalue weighted by molar-refractivity contribution is 0.805. The summed E-state index contributed by atoms with van der Waals surface area (Å²) in [6, 6.07) is 6.06. The summed E-state index contributed by atoms with van der Waals surface area (Å²) >= 11 is 2.08. The molecule has 0 amide bonds. The van der Waals surface area contributed by atoms with Gasteiger partial charge in [-0.05, 0) is 43.2 Å². The summed E-state index contributed by atoms with van der Waals surface area (Å²) in [5.74, 6) is 1.32. The van der Waals surface area contributed by atoms with Crippen LogP contribution in [0, 0.1) is 6.92 Å². The number of anilines is 2. The van der Waals surface area contributed by atoms with Crippen LogP contribution in [0.5, 0.6) is 0 Å². The van der Waals surface area contributed by atoms with Gasteiger partial charge in [-0.2, -0.15) is 11.8 Å². The minimum atomic E-state index is 0.783. The van der Waals surface area contributed by atoms with E-state index >= 15 is 0 Å². The van der Waals surface area contributed by atoms with E-state index in [0.717, 1.165) is 17.5 Å². The lowest BCUT2D eigenvalue weighted by atomic mass is 10.1. The van der Waals surface area contributed by atoms with Crippen molar-refractivity contribution in [1.82, 2.24) is 0 Å². The van der Waals surface area contributed by atoms with Crippen molar-refractivity contribution < 1.29 is 0 Å². The quantitative estimate of drug-likeness (QED) is 0.772. The Hall–Kier alpha value is -0.830. The van der Waals surface area contributed by atoms with Gasteiger partial charge in [0.25, 0.3) is 0 Å². The van der Waals surface area contributed by atoms with E-state index in [1.807, 2.05) is 12.1 Å². The normalized spacial score (nSPS) is 20.5. The SMILES string of the molecule is Cc1c(N)cccc1NCC1CCCS1. The molecule has 0 aromatic heterocycles. The molecule has 0 bridgehead atoms. The van der Waals surface area contributed by atoms with Gasteiger partial charge in [0.15, 0.2) is 0 Å². The Balaban J connectivity index is 1.95. The van der Waals surface area contributed by atoms with Crippen molar-refractivity contribution in [2.24, 2.45) is 0 Å². The fourth-order valence-corrected chi connectivity index (χ4v) is 3.08. The third-order valence-corrected chi connectivity index (χ3v) is 4.32. The second-order valence-electron chi connectivity index (χ2n) is 4.04. The van der Waals surface area contributed by atoms with Crippen molar-refractivity contribution in [2.75, 3.05) is 23.3 Å². The maximum Gasteiger partial charge on any atom is 0.0390 e. The largest absolute Gasteiger partial charge is 0.398 e. The van der Waals surface area contributed by atoms with Gasteiger partial charge in [0.05, 0.1) is 0 Å². The smallest absolute Gasteiger partial charge is 0.0390 e. The standard InChI is InChI=1S/C12H18N2S/c1-9-11(13)5-2-6-12(9)14-8-10-4-3-7-15-10/h2,5-6,10,14H,3-4,7-8,13H2,1H3. The van der Waals surface area contributed by atoms with E-state index in [1.54, 1.807) is 0 Å². The molecule has 1 aliphatic rings. The molecule has 3 heteroatoms. The molecule has 1 saturated heterocycles. The number of nitrogens with two attached hydrogens (primary N) is 1. The van der Waals surface area contributed by atoms with Gasteiger partial charge in [0.2, 0.25) is 0 Å². The van der Waals surface area contributed by atoms with Crippen LogP contribution < -0.4 is 11.1 Å². The minimum absolute atomic E-state index is 0.783. The predicted octanol–water partition coefficient (Wildman–Crippen LogP) is 2.88. The van der Waals surface area contributed by atoms with E-state index in [1.165, 1.54) is 29.8 Å². The summed E-state index contributed by atoms with van der Waals surface area (Å²) in [6.45, 7) is 3.13. The molecule has 1 fully saturated rings. The second kappa shape index (κ2) is 4.79. The van der Waals surface area contributed by atoms with Crippen molar-refractivity contribution in [1.29, 1.82) is 0 Å². The molecule has 1 aromatic carbocycles. The molecule has 0 saturated carbocycles. The average molecular weight is 222 g/mol. The van der Waals surface area contributed by atoms with Crippen molar-refractivity contribution >= 4 is 23.1 Å². The number of nitrogen functional groups attached to an aromatic ring is 1. The van der Waals surface area contributed by atoms with E-state index in [0.29, 0.717) is 0 Å². The number of hydrogen-bond acceptors (Lipinski definition) is 3. The van der Waals surface area contributed by atoms with Crippen LogP contribution in [0.15, 0.2) is 18.2 Å². The number of rotatable bonds is 3. The Morgan fingerprint density at radius 2 is 2.40 bits per heavy atom. The third kappa shape index (κ3) is 2.59. The van der Waals surface area contributed by atoms with Crippen molar-refractivity contribution in [3.63, 3.8) is 0 Å². The molecule has 1 aromatic rings. The Bertz CT molecular complexity index is 332. The lowest BCUT2D eigenvalue weighted by Crippen LogP contribution is -2.14. The highest BCUT2D eigenvalue weighted by Gasteiger charge is 2.15. The van der Waals surface area contributed by atoms with Crippen LogP contribution in [0.1, 0.15) is 18.4 Å². The molecular formula is C12H18N2S. The number of benzene rings is 1. The van der Waals surface area contributed by atoms with Gasteiger partial charge < -0.3 is 11.1 Å². The predicted molar refractivity (Wildman–Crippen MR) is 69.6 cm³/mol. The summed E-state index contributed by atoms with van der Waals surface area (Å²) in [5.41, 5.74) is 9.08. The molecule has 1 unspecified atom stereocenters. The van der Waals surface area contributed by atoms with Crippen LogP contribution >= 0.6 is 11.8 Å². The lowest BCUT2D eigenvalue weighted by Gasteiger charge is -2.14. The van der Waals surface area contributed by atoms with Crippen molar-refractivity contribution in [3.8, 4) is 0 Å². The highest BCUT2D eigenvalue weighted by molar-refractivity contribution is 8.00. The molecule has 82 valence electrons. The van der Waals surface area contributed by atoms with E-state index < -0.39 is 0 Å². The Morgan fingerprint density at radius 1 is 1.53 bits per heavy atom. The highest BCUT2D eigenvalue weighted by Crippen LogP contribution is 2.27. The van der Waals surface area contributed by atoms with Gasteiger partial charge in [0, 0.05) is 23.2 Å². The maximum atomic E-state index is 5.86. The first-order chi connectivity index (χ1) is 7.27. The third-order valence-electron chi connectivity index (χ3n) is 2.92. The second-order valence-corrected chi connectivity index (χ2v) is 5.44. The molecule has 1 heterocycles. The summed E-state index contributed by atoms with van der Waals surface area (Å²) in [5, 5.41) is 4.28. The zero-order chi connectivity index (χ0) is 10.7. The van der Waals surface area contributed by atoms with E-state index in [2.05, 4.69) is 30.1 Å². The van der Waals surface area contributed by atoms with Gasteiger partial charge in [-0.25, -0.2) is 0 Å². The zero-order valence-electron chi connectivity index (χ0n) is 9.12. The Labute approximate surface area is 95.6 Å². The molecule has 3 N–H and O–H groups in total. The van der Waals surface area contributed by atoms with Crippen LogP contribution in [-0.4, -0.2) is 17.5 Å². The molecular weight excluding hydrogens is 204 g/mol. The maximum absolute atomic E-state index is 5.86. The molecule has 15 heavy (non-hydrogen) atoms. The first-order valence-corrected chi connectivity index (χ1v) is 6.53. The Morgan fingerprint density at radius 3 is 3.13 bits per heavy atom. The zero-order valence-corrected chi connectivity index (χ0v) is 9.94. The summed E-state index contributed by atoms with van der Waals surface area (Å²) in [6.07, 6.45) is 2.71. The molecule has 0 spiro atoms. The van der Waals surface area contributed by atoms with Gasteiger partial charge in [-0.15, -0.1) is 0 Å². The van der Waals surface area contributed by atoms with E-state index in [-0.39, 0.29) is 0 Å². The number of hydrogen-bond donors (Lipinski definition) is 2.